The number of nitrogens with zero attached hydrogens (tertiary/aromatic N) is 2. The summed E-state index contributed by atoms with van der Waals surface area (Å²) in [5.41, 5.74) is 3.82. The van der Waals surface area contributed by atoms with Crippen molar-refractivity contribution >= 4 is 33.6 Å². The van der Waals surface area contributed by atoms with Crippen LogP contribution in [0.2, 0.25) is 0 Å². The van der Waals surface area contributed by atoms with E-state index in [2.05, 4.69) is 9.82 Å². The Balaban J connectivity index is 0.00000137. The number of hydrogen-bond acceptors (Lipinski definition) is 5. The zero-order valence-electron chi connectivity index (χ0n) is 20.9. The standard InChI is InChI=1S/C22H25N5OS2.2C2H6/c1-16-13-14-17(2)20(15-16)27(24)22(25-23)29-21(18-9-5-3-6-10-18)26-30(28)19-11-7-4-8-12-19;2*1-2/h3-15,21,26H,23-24H2,1-2H3;2*1-2H3/b25-22+;;. The summed E-state index contributed by atoms with van der Waals surface area (Å²) < 4.78 is 16.1. The molecule has 0 aliphatic rings. The molecule has 0 aliphatic carbocycles. The van der Waals surface area contributed by atoms with Gasteiger partial charge >= 0.3 is 0 Å². The van der Waals surface area contributed by atoms with Crippen LogP contribution in [0.1, 0.15) is 49.8 Å². The molecule has 5 N–H and O–H groups in total. The summed E-state index contributed by atoms with van der Waals surface area (Å²) in [6, 6.07) is 25.0. The summed E-state index contributed by atoms with van der Waals surface area (Å²) in [5, 5.41) is 5.41. The molecule has 2 unspecified atom stereocenters. The number of nitrogens with one attached hydrogen (secondary N) is 1. The van der Waals surface area contributed by atoms with Gasteiger partial charge in [0.2, 0.25) is 5.17 Å². The highest BCUT2D eigenvalue weighted by atomic mass is 32.2. The monoisotopic (exact) mass is 499 g/mol. The molecule has 0 saturated heterocycles. The van der Waals surface area contributed by atoms with Crippen LogP contribution in [0.3, 0.4) is 0 Å². The molecular formula is C26H37N5OS2. The van der Waals surface area contributed by atoms with Gasteiger partial charge in [0.1, 0.15) is 11.0 Å². The van der Waals surface area contributed by atoms with E-state index in [0.717, 1.165) is 22.4 Å². The Bertz CT molecular complexity index is 1030. The number of rotatable bonds is 6. The lowest BCUT2D eigenvalue weighted by Gasteiger charge is -2.25. The Morgan fingerprint density at radius 1 is 0.941 bits per heavy atom. The van der Waals surface area contributed by atoms with Gasteiger partial charge in [0.15, 0.2) is 0 Å². The summed E-state index contributed by atoms with van der Waals surface area (Å²) in [6.45, 7) is 12.0. The highest BCUT2D eigenvalue weighted by Crippen LogP contribution is 2.31. The summed E-state index contributed by atoms with van der Waals surface area (Å²) in [4.78, 5) is 0.685. The molecule has 0 heterocycles. The normalized spacial score (nSPS) is 12.4. The van der Waals surface area contributed by atoms with Crippen LogP contribution < -0.4 is 21.4 Å². The average molecular weight is 500 g/mol. The average Bonchev–Trinajstić information content (AvgIpc) is 2.90. The van der Waals surface area contributed by atoms with E-state index in [9.17, 15) is 4.21 Å². The van der Waals surface area contributed by atoms with Gasteiger partial charge in [0, 0.05) is 0 Å². The topological polar surface area (TPSA) is 96.7 Å². The Kier molecular flexibility index (Phi) is 13.9. The SMILES string of the molecule is CC.CC.Cc1ccc(C)c(N(N)/C(=N\N)SC(NS(=O)c2ccccc2)c2ccccc2)c1. The second-order valence-electron chi connectivity index (χ2n) is 6.68. The molecule has 3 aromatic carbocycles. The quantitative estimate of drug-likeness (QED) is 0.127. The molecule has 6 nitrogen and oxygen atoms in total. The largest absolute Gasteiger partial charge is 0.321 e. The molecule has 0 bridgehead atoms. The molecule has 34 heavy (non-hydrogen) atoms. The zero-order chi connectivity index (χ0) is 25.5. The fraction of sp³-hybridized carbons (Fsp3) is 0.269. The smallest absolute Gasteiger partial charge is 0.203 e. The van der Waals surface area contributed by atoms with Gasteiger partial charge in [0.05, 0.1) is 16.0 Å². The molecule has 184 valence electrons. The van der Waals surface area contributed by atoms with Crippen LogP contribution in [0, 0.1) is 13.8 Å². The Hall–Kier alpha value is -2.65. The minimum atomic E-state index is -1.42. The van der Waals surface area contributed by atoms with Crippen LogP contribution in [0.25, 0.3) is 0 Å². The lowest BCUT2D eigenvalue weighted by Crippen LogP contribution is -2.38. The maximum absolute atomic E-state index is 12.9. The minimum Gasteiger partial charge on any atom is -0.321 e. The molecule has 0 aliphatic heterocycles. The number of anilines is 1. The van der Waals surface area contributed by atoms with Crippen molar-refractivity contribution in [2.75, 3.05) is 5.01 Å². The third-order valence-electron chi connectivity index (χ3n) is 4.44. The summed E-state index contributed by atoms with van der Waals surface area (Å²) in [7, 11) is -1.42. The van der Waals surface area contributed by atoms with Crippen molar-refractivity contribution < 1.29 is 4.21 Å². The van der Waals surface area contributed by atoms with Crippen molar-refractivity contribution in [3.05, 3.63) is 95.6 Å². The summed E-state index contributed by atoms with van der Waals surface area (Å²) in [5.74, 6) is 12.1. The lowest BCUT2D eigenvalue weighted by atomic mass is 10.1. The molecule has 0 amide bonds. The van der Waals surface area contributed by atoms with Crippen molar-refractivity contribution in [2.24, 2.45) is 16.8 Å². The number of hydrazone groups is 1. The van der Waals surface area contributed by atoms with Gasteiger partial charge in [0.25, 0.3) is 0 Å². The van der Waals surface area contributed by atoms with Crippen LogP contribution in [-0.2, 0) is 11.0 Å². The van der Waals surface area contributed by atoms with E-state index in [-0.39, 0.29) is 5.37 Å². The molecule has 3 rings (SSSR count). The van der Waals surface area contributed by atoms with Gasteiger partial charge < -0.3 is 5.84 Å². The highest BCUT2D eigenvalue weighted by Gasteiger charge is 2.22. The van der Waals surface area contributed by atoms with Crippen molar-refractivity contribution in [1.82, 2.24) is 4.72 Å². The van der Waals surface area contributed by atoms with E-state index in [1.807, 2.05) is 120 Å². The summed E-state index contributed by atoms with van der Waals surface area (Å²) >= 11 is 1.31. The van der Waals surface area contributed by atoms with Crippen molar-refractivity contribution in [2.45, 2.75) is 51.8 Å². The minimum absolute atomic E-state index is 0.384. The number of hydrazine groups is 1. The van der Waals surface area contributed by atoms with Crippen LogP contribution in [0.15, 0.2) is 88.9 Å². The third-order valence-corrected chi connectivity index (χ3v) is 6.88. The van der Waals surface area contributed by atoms with E-state index in [4.69, 9.17) is 11.7 Å². The van der Waals surface area contributed by atoms with Gasteiger partial charge in [-0.25, -0.2) is 14.8 Å². The fourth-order valence-electron chi connectivity index (χ4n) is 2.83. The lowest BCUT2D eigenvalue weighted by molar-refractivity contribution is 0.670. The first-order chi connectivity index (χ1) is 16.5. The number of thioether (sulfide) groups is 1. The van der Waals surface area contributed by atoms with Crippen molar-refractivity contribution in [3.8, 4) is 0 Å². The first-order valence-corrected chi connectivity index (χ1v) is 13.4. The predicted molar refractivity (Wildman–Crippen MR) is 150 cm³/mol. The molecule has 0 radical (unpaired) electrons. The second kappa shape index (κ2) is 16.1. The molecule has 3 aromatic rings. The van der Waals surface area contributed by atoms with Crippen LogP contribution in [0.4, 0.5) is 5.69 Å². The first-order valence-electron chi connectivity index (χ1n) is 11.3. The number of benzene rings is 3. The van der Waals surface area contributed by atoms with Crippen molar-refractivity contribution in [3.63, 3.8) is 0 Å². The van der Waals surface area contributed by atoms with Gasteiger partial charge in [-0.1, -0.05) is 100 Å². The van der Waals surface area contributed by atoms with Crippen molar-refractivity contribution in [1.29, 1.82) is 0 Å². The second-order valence-corrected chi connectivity index (χ2v) is 9.00. The Labute approximate surface area is 211 Å². The van der Waals surface area contributed by atoms with E-state index < -0.39 is 11.0 Å². The maximum atomic E-state index is 12.9. The Morgan fingerprint density at radius 2 is 1.50 bits per heavy atom. The fourth-order valence-corrected chi connectivity index (χ4v) is 4.94. The predicted octanol–water partition coefficient (Wildman–Crippen LogP) is 6.01. The first kappa shape index (κ1) is 29.4. The zero-order valence-corrected chi connectivity index (χ0v) is 22.5. The number of nitrogens with two attached hydrogens (primary N) is 2. The Morgan fingerprint density at radius 3 is 2.06 bits per heavy atom. The molecule has 0 aromatic heterocycles. The van der Waals surface area contributed by atoms with Crippen LogP contribution in [0.5, 0.6) is 0 Å². The van der Waals surface area contributed by atoms with Crippen LogP contribution >= 0.6 is 11.8 Å². The maximum Gasteiger partial charge on any atom is 0.203 e. The van der Waals surface area contributed by atoms with Gasteiger partial charge in [-0.2, -0.15) is 5.10 Å². The third kappa shape index (κ3) is 8.61. The van der Waals surface area contributed by atoms with Crippen LogP contribution in [-0.4, -0.2) is 9.38 Å². The van der Waals surface area contributed by atoms with E-state index in [1.54, 1.807) is 0 Å². The van der Waals surface area contributed by atoms with E-state index >= 15 is 0 Å². The summed E-state index contributed by atoms with van der Waals surface area (Å²) in [6.07, 6.45) is 0. The molecule has 2 atom stereocenters. The number of hydrogen-bond donors (Lipinski definition) is 3. The molecule has 8 heteroatoms. The van der Waals surface area contributed by atoms with Gasteiger partial charge in [-0.05, 0) is 48.7 Å². The molecule has 0 fully saturated rings. The van der Waals surface area contributed by atoms with E-state index in [0.29, 0.717) is 10.1 Å². The molecular weight excluding hydrogens is 462 g/mol. The molecule has 0 saturated carbocycles. The van der Waals surface area contributed by atoms with Gasteiger partial charge in [-0.15, -0.1) is 0 Å². The highest BCUT2D eigenvalue weighted by molar-refractivity contribution is 8.14. The van der Waals surface area contributed by atoms with Gasteiger partial charge in [-0.3, -0.25) is 5.01 Å². The number of amidine groups is 1. The van der Waals surface area contributed by atoms with E-state index in [1.165, 1.54) is 16.8 Å². The number of aryl methyl sites for hydroxylation is 2. The molecule has 0 spiro atoms.